The second-order valence-electron chi connectivity index (χ2n) is 3.67. The first-order valence-corrected chi connectivity index (χ1v) is 5.91. The van der Waals surface area contributed by atoms with Gasteiger partial charge < -0.3 is 10.2 Å². The summed E-state index contributed by atoms with van der Waals surface area (Å²) in [5.74, 6) is 0.126. The molecular formula is C11H12FN3OS. The quantitative estimate of drug-likeness (QED) is 0.911. The Morgan fingerprint density at radius 3 is 2.71 bits per heavy atom. The fourth-order valence-corrected chi connectivity index (χ4v) is 2.02. The zero-order chi connectivity index (χ0) is 12.4. The Kier molecular flexibility index (Phi) is 3.44. The van der Waals surface area contributed by atoms with Crippen molar-refractivity contribution in [3.63, 3.8) is 0 Å². The summed E-state index contributed by atoms with van der Waals surface area (Å²) in [4.78, 5) is 0.443. The van der Waals surface area contributed by atoms with Crippen molar-refractivity contribution in [2.75, 3.05) is 0 Å². The van der Waals surface area contributed by atoms with Gasteiger partial charge >= 0.3 is 0 Å². The van der Waals surface area contributed by atoms with E-state index in [0.717, 1.165) is 17.3 Å². The maximum Gasteiger partial charge on any atom is 0.281 e. The van der Waals surface area contributed by atoms with Crippen LogP contribution < -0.4 is 5.73 Å². The lowest BCUT2D eigenvalue weighted by Crippen LogP contribution is -2.05. The Morgan fingerprint density at radius 2 is 2.18 bits per heavy atom. The molecular weight excluding hydrogens is 241 g/mol. The molecule has 2 aromatic rings. The van der Waals surface area contributed by atoms with Crippen molar-refractivity contribution < 1.29 is 8.81 Å². The summed E-state index contributed by atoms with van der Waals surface area (Å²) in [5.41, 5.74) is 6.43. The van der Waals surface area contributed by atoms with Gasteiger partial charge in [0.2, 0.25) is 5.89 Å². The molecule has 1 atom stereocenters. The standard InChI is InChI=1S/C11H12FN3OS/c1-6(13)8-3-4-10(9(12)5-8)17-11-15-14-7(2)16-11/h3-6H,13H2,1-2H3/t6-/m1/s1. The van der Waals surface area contributed by atoms with Crippen molar-refractivity contribution in [1.82, 2.24) is 10.2 Å². The minimum Gasteiger partial charge on any atom is -0.416 e. The molecule has 2 N–H and O–H groups in total. The number of aryl methyl sites for hydroxylation is 1. The average molecular weight is 253 g/mol. The fourth-order valence-electron chi connectivity index (χ4n) is 1.30. The Morgan fingerprint density at radius 1 is 1.41 bits per heavy atom. The smallest absolute Gasteiger partial charge is 0.281 e. The van der Waals surface area contributed by atoms with Gasteiger partial charge in [0.15, 0.2) is 0 Å². The monoisotopic (exact) mass is 253 g/mol. The largest absolute Gasteiger partial charge is 0.416 e. The summed E-state index contributed by atoms with van der Waals surface area (Å²) in [7, 11) is 0. The van der Waals surface area contributed by atoms with Crippen LogP contribution in [0.1, 0.15) is 24.4 Å². The predicted molar refractivity (Wildman–Crippen MR) is 62.2 cm³/mol. The SMILES string of the molecule is Cc1nnc(Sc2ccc([C@@H](C)N)cc2F)o1. The Labute approximate surface area is 102 Å². The normalized spacial score (nSPS) is 12.7. The summed E-state index contributed by atoms with van der Waals surface area (Å²) < 4.78 is 18.9. The maximum atomic E-state index is 13.7. The second-order valence-corrected chi connectivity index (χ2v) is 4.66. The molecule has 1 aromatic heterocycles. The summed E-state index contributed by atoms with van der Waals surface area (Å²) >= 11 is 1.10. The van der Waals surface area contributed by atoms with E-state index in [9.17, 15) is 4.39 Å². The van der Waals surface area contributed by atoms with Gasteiger partial charge in [0.1, 0.15) is 5.82 Å². The number of benzene rings is 1. The number of hydrogen-bond acceptors (Lipinski definition) is 5. The van der Waals surface area contributed by atoms with E-state index >= 15 is 0 Å². The molecule has 1 heterocycles. The first-order valence-electron chi connectivity index (χ1n) is 5.09. The first kappa shape index (κ1) is 12.1. The highest BCUT2D eigenvalue weighted by Crippen LogP contribution is 2.29. The highest BCUT2D eigenvalue weighted by atomic mass is 32.2. The highest BCUT2D eigenvalue weighted by Gasteiger charge is 2.11. The van der Waals surface area contributed by atoms with E-state index < -0.39 is 0 Å². The Bertz CT molecular complexity index is 527. The summed E-state index contributed by atoms with van der Waals surface area (Å²) in [5, 5.41) is 7.80. The zero-order valence-corrected chi connectivity index (χ0v) is 10.3. The van der Waals surface area contributed by atoms with Gasteiger partial charge in [-0.1, -0.05) is 6.07 Å². The van der Waals surface area contributed by atoms with Crippen molar-refractivity contribution in [3.05, 3.63) is 35.5 Å². The molecule has 90 valence electrons. The van der Waals surface area contributed by atoms with Crippen LogP contribution in [-0.2, 0) is 0 Å². The van der Waals surface area contributed by atoms with Gasteiger partial charge in [-0.25, -0.2) is 4.39 Å². The third kappa shape index (κ3) is 2.83. The molecule has 0 saturated carbocycles. The first-order chi connectivity index (χ1) is 8.06. The van der Waals surface area contributed by atoms with Crippen molar-refractivity contribution in [2.24, 2.45) is 5.73 Å². The van der Waals surface area contributed by atoms with Crippen LogP contribution in [0.4, 0.5) is 4.39 Å². The van der Waals surface area contributed by atoms with Crippen molar-refractivity contribution in [1.29, 1.82) is 0 Å². The summed E-state index contributed by atoms with van der Waals surface area (Å²) in [6.45, 7) is 3.50. The van der Waals surface area contributed by atoms with E-state index in [4.69, 9.17) is 10.2 Å². The lowest BCUT2D eigenvalue weighted by Gasteiger charge is -2.07. The molecule has 0 aliphatic carbocycles. The minimum absolute atomic E-state index is 0.186. The number of rotatable bonds is 3. The van der Waals surface area contributed by atoms with Crippen LogP contribution in [-0.4, -0.2) is 10.2 Å². The van der Waals surface area contributed by atoms with E-state index in [1.165, 1.54) is 6.07 Å². The van der Waals surface area contributed by atoms with Crippen LogP contribution in [0.15, 0.2) is 32.7 Å². The molecule has 6 heteroatoms. The molecule has 0 fully saturated rings. The summed E-state index contributed by atoms with van der Waals surface area (Å²) in [6.07, 6.45) is 0. The third-order valence-electron chi connectivity index (χ3n) is 2.19. The molecule has 17 heavy (non-hydrogen) atoms. The van der Waals surface area contributed by atoms with Crippen LogP contribution in [0, 0.1) is 12.7 Å². The lowest BCUT2D eigenvalue weighted by atomic mass is 10.1. The van der Waals surface area contributed by atoms with Crippen molar-refractivity contribution in [3.8, 4) is 0 Å². The van der Waals surface area contributed by atoms with Crippen LogP contribution in [0.3, 0.4) is 0 Å². The van der Waals surface area contributed by atoms with Gasteiger partial charge in [-0.05, 0) is 36.4 Å². The second kappa shape index (κ2) is 4.85. The van der Waals surface area contributed by atoms with E-state index in [1.54, 1.807) is 19.1 Å². The predicted octanol–water partition coefficient (Wildman–Crippen LogP) is 2.69. The molecule has 0 radical (unpaired) electrons. The molecule has 0 bridgehead atoms. The van der Waals surface area contributed by atoms with Gasteiger partial charge in [0.05, 0.1) is 4.90 Å². The third-order valence-corrected chi connectivity index (χ3v) is 3.08. The van der Waals surface area contributed by atoms with Gasteiger partial charge in [-0.3, -0.25) is 0 Å². The highest BCUT2D eigenvalue weighted by molar-refractivity contribution is 7.99. The molecule has 1 aromatic carbocycles. The summed E-state index contributed by atoms with van der Waals surface area (Å²) in [6, 6.07) is 4.70. The van der Waals surface area contributed by atoms with Gasteiger partial charge in [0.25, 0.3) is 5.22 Å². The van der Waals surface area contributed by atoms with Crippen molar-refractivity contribution in [2.45, 2.75) is 30.0 Å². The Balaban J connectivity index is 2.22. The van der Waals surface area contributed by atoms with Gasteiger partial charge in [-0.2, -0.15) is 0 Å². The molecule has 0 aliphatic heterocycles. The van der Waals surface area contributed by atoms with Crippen molar-refractivity contribution >= 4 is 11.8 Å². The molecule has 4 nitrogen and oxygen atoms in total. The maximum absolute atomic E-state index is 13.7. The number of nitrogens with two attached hydrogens (primary N) is 1. The zero-order valence-electron chi connectivity index (χ0n) is 9.48. The fraction of sp³-hybridized carbons (Fsp3) is 0.273. The topological polar surface area (TPSA) is 64.9 Å². The number of halogens is 1. The van der Waals surface area contributed by atoms with E-state index in [0.29, 0.717) is 16.0 Å². The van der Waals surface area contributed by atoms with E-state index in [2.05, 4.69) is 10.2 Å². The van der Waals surface area contributed by atoms with Crippen LogP contribution in [0.25, 0.3) is 0 Å². The lowest BCUT2D eigenvalue weighted by molar-refractivity contribution is 0.429. The molecule has 0 unspecified atom stereocenters. The molecule has 2 rings (SSSR count). The molecule has 0 spiro atoms. The number of hydrogen-bond donors (Lipinski definition) is 1. The van der Waals surface area contributed by atoms with Crippen LogP contribution in [0.2, 0.25) is 0 Å². The van der Waals surface area contributed by atoms with Gasteiger partial charge in [0, 0.05) is 13.0 Å². The Hall–Kier alpha value is -1.40. The van der Waals surface area contributed by atoms with Crippen LogP contribution >= 0.6 is 11.8 Å². The number of aromatic nitrogens is 2. The van der Waals surface area contributed by atoms with E-state index in [1.807, 2.05) is 6.92 Å². The van der Waals surface area contributed by atoms with E-state index in [-0.39, 0.29) is 11.9 Å². The number of nitrogens with zero attached hydrogens (tertiary/aromatic N) is 2. The average Bonchev–Trinajstić information content (AvgIpc) is 2.67. The van der Waals surface area contributed by atoms with Crippen LogP contribution in [0.5, 0.6) is 0 Å². The minimum atomic E-state index is -0.333. The molecule has 0 amide bonds. The molecule has 0 saturated heterocycles. The molecule has 0 aliphatic rings. The van der Waals surface area contributed by atoms with Gasteiger partial charge in [-0.15, -0.1) is 10.2 Å².